The third-order valence-corrected chi connectivity index (χ3v) is 2.07. The predicted molar refractivity (Wildman–Crippen MR) is 72.6 cm³/mol. The Labute approximate surface area is 99.4 Å². The first-order valence-electron chi connectivity index (χ1n) is 6.06. The standard InChI is InChI=1S/C8H18N2.2C2H6.B/c1-8(2,3)10-6-4-9-5-7-10;2*1-2;/h9H,4-7H2,1-3H3;2*1-2H3;. The zero-order chi connectivity index (χ0) is 11.6. The Balaban J connectivity index is -0.000000258. The van der Waals surface area contributed by atoms with E-state index in [0.717, 1.165) is 13.1 Å². The first-order valence-corrected chi connectivity index (χ1v) is 6.06. The van der Waals surface area contributed by atoms with E-state index < -0.39 is 0 Å². The fourth-order valence-corrected chi connectivity index (χ4v) is 1.34. The molecule has 0 saturated carbocycles. The van der Waals surface area contributed by atoms with Gasteiger partial charge in [0.2, 0.25) is 0 Å². The topological polar surface area (TPSA) is 15.3 Å². The molecule has 1 aliphatic heterocycles. The molecule has 1 fully saturated rings. The zero-order valence-corrected chi connectivity index (χ0v) is 11.9. The molecule has 0 amide bonds. The summed E-state index contributed by atoms with van der Waals surface area (Å²) >= 11 is 0. The molecule has 0 aromatic rings. The minimum Gasteiger partial charge on any atom is -0.314 e. The summed E-state index contributed by atoms with van der Waals surface area (Å²) in [6.45, 7) is 19.5. The smallest absolute Gasteiger partial charge is 0.0126 e. The van der Waals surface area contributed by atoms with Crippen molar-refractivity contribution in [3.8, 4) is 0 Å². The van der Waals surface area contributed by atoms with Crippen LogP contribution < -0.4 is 5.32 Å². The average molecular weight is 213 g/mol. The summed E-state index contributed by atoms with van der Waals surface area (Å²) in [5.74, 6) is 0. The van der Waals surface area contributed by atoms with Crippen molar-refractivity contribution in [2.75, 3.05) is 26.2 Å². The summed E-state index contributed by atoms with van der Waals surface area (Å²) in [6.07, 6.45) is 0. The van der Waals surface area contributed by atoms with E-state index in [2.05, 4.69) is 31.0 Å². The predicted octanol–water partition coefficient (Wildman–Crippen LogP) is 2.36. The van der Waals surface area contributed by atoms with Gasteiger partial charge < -0.3 is 5.32 Å². The highest BCUT2D eigenvalue weighted by Crippen LogP contribution is 2.12. The van der Waals surface area contributed by atoms with Gasteiger partial charge in [0.15, 0.2) is 0 Å². The van der Waals surface area contributed by atoms with E-state index in [4.69, 9.17) is 0 Å². The minimum atomic E-state index is 0. The third kappa shape index (κ3) is 10.3. The Kier molecular flexibility index (Phi) is 16.4. The molecule has 91 valence electrons. The molecule has 1 heterocycles. The molecule has 1 rings (SSSR count). The molecule has 0 unspecified atom stereocenters. The van der Waals surface area contributed by atoms with Crippen LogP contribution in [0.1, 0.15) is 48.5 Å². The van der Waals surface area contributed by atoms with Crippen molar-refractivity contribution in [3.05, 3.63) is 0 Å². The van der Waals surface area contributed by atoms with Crippen molar-refractivity contribution < 1.29 is 0 Å². The molecule has 0 bridgehead atoms. The summed E-state index contributed by atoms with van der Waals surface area (Å²) in [5, 5.41) is 3.35. The van der Waals surface area contributed by atoms with Crippen LogP contribution in [-0.4, -0.2) is 45.0 Å². The maximum Gasteiger partial charge on any atom is 0.0126 e. The van der Waals surface area contributed by atoms with Crippen molar-refractivity contribution in [1.82, 2.24) is 10.2 Å². The highest BCUT2D eigenvalue weighted by Gasteiger charge is 2.21. The number of nitrogens with one attached hydrogen (secondary N) is 1. The molecule has 3 heteroatoms. The van der Waals surface area contributed by atoms with Crippen LogP contribution in [0.3, 0.4) is 0 Å². The largest absolute Gasteiger partial charge is 0.314 e. The second kappa shape index (κ2) is 12.1. The quantitative estimate of drug-likeness (QED) is 0.621. The zero-order valence-electron chi connectivity index (χ0n) is 11.9. The van der Waals surface area contributed by atoms with Gasteiger partial charge in [0.1, 0.15) is 0 Å². The molecule has 0 aromatic heterocycles. The fourth-order valence-electron chi connectivity index (χ4n) is 1.34. The second-order valence-corrected chi connectivity index (χ2v) is 3.91. The molecule has 3 radical (unpaired) electrons. The van der Waals surface area contributed by atoms with Gasteiger partial charge in [-0.25, -0.2) is 0 Å². The van der Waals surface area contributed by atoms with Crippen LogP contribution in [0.25, 0.3) is 0 Å². The number of piperazine rings is 1. The highest BCUT2D eigenvalue weighted by molar-refractivity contribution is 5.75. The van der Waals surface area contributed by atoms with Gasteiger partial charge in [-0.2, -0.15) is 0 Å². The Morgan fingerprint density at radius 1 is 0.867 bits per heavy atom. The average Bonchev–Trinajstić information content (AvgIpc) is 2.24. The number of rotatable bonds is 0. The van der Waals surface area contributed by atoms with Gasteiger partial charge in [0.25, 0.3) is 0 Å². The number of hydrogen-bond acceptors (Lipinski definition) is 2. The van der Waals surface area contributed by atoms with E-state index in [0.29, 0.717) is 5.54 Å². The monoisotopic (exact) mass is 213 g/mol. The normalized spacial score (nSPS) is 16.2. The van der Waals surface area contributed by atoms with Crippen LogP contribution in [0.2, 0.25) is 0 Å². The van der Waals surface area contributed by atoms with Crippen LogP contribution >= 0.6 is 0 Å². The number of hydrogen-bond donors (Lipinski definition) is 1. The van der Waals surface area contributed by atoms with Gasteiger partial charge in [-0.15, -0.1) is 0 Å². The van der Waals surface area contributed by atoms with Gasteiger partial charge in [0.05, 0.1) is 0 Å². The Hall–Kier alpha value is -0.0151. The van der Waals surface area contributed by atoms with Crippen molar-refractivity contribution in [1.29, 1.82) is 0 Å². The lowest BCUT2D eigenvalue weighted by Gasteiger charge is -2.38. The molecule has 1 saturated heterocycles. The number of nitrogens with zero attached hydrogens (tertiary/aromatic N) is 1. The van der Waals surface area contributed by atoms with E-state index in [-0.39, 0.29) is 8.41 Å². The molecule has 15 heavy (non-hydrogen) atoms. The van der Waals surface area contributed by atoms with E-state index in [1.807, 2.05) is 27.7 Å². The van der Waals surface area contributed by atoms with Crippen molar-refractivity contribution >= 4 is 8.41 Å². The Morgan fingerprint density at radius 3 is 1.40 bits per heavy atom. The van der Waals surface area contributed by atoms with Crippen molar-refractivity contribution in [2.24, 2.45) is 0 Å². The molecular formula is C12H30BN2. The lowest BCUT2D eigenvalue weighted by Crippen LogP contribution is -2.51. The first-order chi connectivity index (χ1) is 6.61. The summed E-state index contributed by atoms with van der Waals surface area (Å²) < 4.78 is 0. The van der Waals surface area contributed by atoms with E-state index in [1.165, 1.54) is 13.1 Å². The molecule has 0 spiro atoms. The van der Waals surface area contributed by atoms with Crippen LogP contribution in [0.15, 0.2) is 0 Å². The highest BCUT2D eigenvalue weighted by atomic mass is 15.2. The van der Waals surface area contributed by atoms with Gasteiger partial charge in [-0.05, 0) is 20.8 Å². The summed E-state index contributed by atoms with van der Waals surface area (Å²) in [7, 11) is 0. The van der Waals surface area contributed by atoms with Gasteiger partial charge in [0, 0.05) is 40.1 Å². The summed E-state index contributed by atoms with van der Waals surface area (Å²) in [4.78, 5) is 2.52. The Bertz CT molecular complexity index is 105. The maximum atomic E-state index is 3.35. The SMILES string of the molecule is CC.CC.CC(C)(C)N1CCNCC1.[B]. The van der Waals surface area contributed by atoms with E-state index in [1.54, 1.807) is 0 Å². The molecule has 1 aliphatic rings. The molecule has 2 nitrogen and oxygen atoms in total. The van der Waals surface area contributed by atoms with Crippen LogP contribution in [0.5, 0.6) is 0 Å². The first kappa shape index (κ1) is 20.4. The van der Waals surface area contributed by atoms with E-state index >= 15 is 0 Å². The summed E-state index contributed by atoms with van der Waals surface area (Å²) in [6, 6.07) is 0. The third-order valence-electron chi connectivity index (χ3n) is 2.07. The molecular weight excluding hydrogens is 183 g/mol. The molecule has 0 aromatic carbocycles. The van der Waals surface area contributed by atoms with Crippen molar-refractivity contribution in [3.63, 3.8) is 0 Å². The summed E-state index contributed by atoms with van der Waals surface area (Å²) in [5.41, 5.74) is 0.363. The lowest BCUT2D eigenvalue weighted by atomic mass is 10.1. The molecule has 0 atom stereocenters. The maximum absolute atomic E-state index is 3.35. The minimum absolute atomic E-state index is 0. The van der Waals surface area contributed by atoms with E-state index in [9.17, 15) is 0 Å². The van der Waals surface area contributed by atoms with Gasteiger partial charge >= 0.3 is 0 Å². The van der Waals surface area contributed by atoms with Crippen LogP contribution in [0.4, 0.5) is 0 Å². The van der Waals surface area contributed by atoms with Gasteiger partial charge in [-0.1, -0.05) is 27.7 Å². The van der Waals surface area contributed by atoms with Crippen LogP contribution in [-0.2, 0) is 0 Å². The lowest BCUT2D eigenvalue weighted by molar-refractivity contribution is 0.119. The molecule has 1 N–H and O–H groups in total. The molecule has 0 aliphatic carbocycles. The fraction of sp³-hybridized carbons (Fsp3) is 1.00. The second-order valence-electron chi connectivity index (χ2n) is 3.91. The van der Waals surface area contributed by atoms with Crippen molar-refractivity contribution in [2.45, 2.75) is 54.0 Å². The van der Waals surface area contributed by atoms with Gasteiger partial charge in [-0.3, -0.25) is 4.90 Å². The Morgan fingerprint density at radius 2 is 1.20 bits per heavy atom. The van der Waals surface area contributed by atoms with Crippen LogP contribution in [0, 0.1) is 0 Å².